The highest BCUT2D eigenvalue weighted by Crippen LogP contribution is 2.26. The molecular formula is C16H10F3N3O3. The van der Waals surface area contributed by atoms with E-state index in [1.807, 2.05) is 0 Å². The number of aldehydes is 1. The fourth-order valence-electron chi connectivity index (χ4n) is 2.02. The smallest absolute Gasteiger partial charge is 0.461 e. The molecule has 0 aliphatic heterocycles. The number of nitrogens with one attached hydrogen (secondary N) is 1. The molecule has 2 heterocycles. The largest absolute Gasteiger partial charge is 0.573 e. The first kappa shape index (κ1) is 16.5. The Bertz CT molecular complexity index is 876. The molecule has 0 bridgehead atoms. The molecule has 25 heavy (non-hydrogen) atoms. The van der Waals surface area contributed by atoms with E-state index in [9.17, 15) is 18.0 Å². The molecule has 0 aliphatic rings. The standard InChI is InChI=1S/C16H10F3N3O3/c17-16(18,19)25-12-3-1-11(2-4-12)22-15-6-14(20-9-21-15)10-5-13(7-23)24-8-10/h1-9H,(H,20,21,22). The van der Waals surface area contributed by atoms with Crippen LogP contribution in [0.2, 0.25) is 0 Å². The summed E-state index contributed by atoms with van der Waals surface area (Å²) in [6, 6.07) is 8.35. The predicted octanol–water partition coefficient (Wildman–Crippen LogP) is 4.19. The number of aromatic nitrogens is 2. The lowest BCUT2D eigenvalue weighted by Gasteiger charge is -2.10. The highest BCUT2D eigenvalue weighted by atomic mass is 19.4. The summed E-state index contributed by atoms with van der Waals surface area (Å²) in [6.07, 6.45) is -1.46. The van der Waals surface area contributed by atoms with E-state index in [0.717, 1.165) is 0 Å². The lowest BCUT2D eigenvalue weighted by molar-refractivity contribution is -0.274. The minimum absolute atomic E-state index is 0.170. The normalized spacial score (nSPS) is 11.2. The Kier molecular flexibility index (Phi) is 4.38. The topological polar surface area (TPSA) is 77.2 Å². The van der Waals surface area contributed by atoms with Crippen molar-refractivity contribution in [2.24, 2.45) is 0 Å². The van der Waals surface area contributed by atoms with Crippen molar-refractivity contribution < 1.29 is 27.1 Å². The molecule has 1 aromatic carbocycles. The van der Waals surface area contributed by atoms with Gasteiger partial charge in [-0.25, -0.2) is 9.97 Å². The van der Waals surface area contributed by atoms with E-state index in [4.69, 9.17) is 4.42 Å². The maximum absolute atomic E-state index is 12.1. The van der Waals surface area contributed by atoms with Gasteiger partial charge in [-0.2, -0.15) is 0 Å². The second-order valence-electron chi connectivity index (χ2n) is 4.84. The minimum Gasteiger partial charge on any atom is -0.461 e. The zero-order chi connectivity index (χ0) is 17.9. The summed E-state index contributed by atoms with van der Waals surface area (Å²) in [6.45, 7) is 0. The van der Waals surface area contributed by atoms with Crippen molar-refractivity contribution in [3.05, 3.63) is 54.7 Å². The van der Waals surface area contributed by atoms with E-state index in [0.29, 0.717) is 29.0 Å². The van der Waals surface area contributed by atoms with Gasteiger partial charge in [0.25, 0.3) is 0 Å². The molecule has 3 rings (SSSR count). The molecule has 0 amide bonds. The van der Waals surface area contributed by atoms with Crippen LogP contribution in [-0.2, 0) is 0 Å². The van der Waals surface area contributed by atoms with Crippen molar-refractivity contribution in [3.8, 4) is 17.0 Å². The molecule has 6 nitrogen and oxygen atoms in total. The molecule has 128 valence electrons. The van der Waals surface area contributed by atoms with E-state index in [1.165, 1.54) is 42.9 Å². The Morgan fingerprint density at radius 3 is 2.52 bits per heavy atom. The van der Waals surface area contributed by atoms with E-state index in [2.05, 4.69) is 20.0 Å². The summed E-state index contributed by atoms with van der Waals surface area (Å²) in [5, 5.41) is 2.94. The van der Waals surface area contributed by atoms with Gasteiger partial charge in [0.2, 0.25) is 0 Å². The van der Waals surface area contributed by atoms with Crippen LogP contribution in [0.5, 0.6) is 5.75 Å². The minimum atomic E-state index is -4.73. The van der Waals surface area contributed by atoms with Crippen LogP contribution in [0.1, 0.15) is 10.6 Å². The number of hydrogen-bond donors (Lipinski definition) is 1. The van der Waals surface area contributed by atoms with Crippen LogP contribution in [0, 0.1) is 0 Å². The van der Waals surface area contributed by atoms with Crippen LogP contribution in [0.4, 0.5) is 24.7 Å². The summed E-state index contributed by atoms with van der Waals surface area (Å²) in [5.41, 5.74) is 1.63. The number of rotatable bonds is 5. The molecule has 1 N–H and O–H groups in total. The molecule has 3 aromatic rings. The Labute approximate surface area is 139 Å². The first-order chi connectivity index (χ1) is 11.9. The molecule has 0 saturated carbocycles. The Balaban J connectivity index is 1.75. The van der Waals surface area contributed by atoms with Gasteiger partial charge < -0.3 is 14.5 Å². The number of halogens is 3. The van der Waals surface area contributed by atoms with Gasteiger partial charge in [-0.1, -0.05) is 0 Å². The van der Waals surface area contributed by atoms with Crippen LogP contribution >= 0.6 is 0 Å². The molecular weight excluding hydrogens is 339 g/mol. The summed E-state index contributed by atoms with van der Waals surface area (Å²) in [7, 11) is 0. The third-order valence-corrected chi connectivity index (χ3v) is 3.06. The van der Waals surface area contributed by atoms with E-state index in [-0.39, 0.29) is 11.5 Å². The lowest BCUT2D eigenvalue weighted by Crippen LogP contribution is -2.16. The van der Waals surface area contributed by atoms with Crippen LogP contribution in [0.15, 0.2) is 53.4 Å². The second kappa shape index (κ2) is 6.63. The lowest BCUT2D eigenvalue weighted by atomic mass is 10.2. The molecule has 9 heteroatoms. The maximum Gasteiger partial charge on any atom is 0.573 e. The van der Waals surface area contributed by atoms with Crippen molar-refractivity contribution in [2.75, 3.05) is 5.32 Å². The number of nitrogens with zero attached hydrogens (tertiary/aromatic N) is 2. The number of hydrogen-bond acceptors (Lipinski definition) is 6. The zero-order valence-corrected chi connectivity index (χ0v) is 12.4. The van der Waals surface area contributed by atoms with Crippen molar-refractivity contribution in [1.82, 2.24) is 9.97 Å². The average Bonchev–Trinajstić information content (AvgIpc) is 3.05. The number of furan rings is 1. The number of carbonyl (C=O) groups excluding carboxylic acids is 1. The SMILES string of the molecule is O=Cc1cc(-c2cc(Nc3ccc(OC(F)(F)F)cc3)ncn2)co1. The van der Waals surface area contributed by atoms with Crippen LogP contribution in [0.3, 0.4) is 0 Å². The van der Waals surface area contributed by atoms with Crippen molar-refractivity contribution in [2.45, 2.75) is 6.36 Å². The summed E-state index contributed by atoms with van der Waals surface area (Å²) in [4.78, 5) is 18.8. The maximum atomic E-state index is 12.1. The van der Waals surface area contributed by atoms with Crippen LogP contribution < -0.4 is 10.1 Å². The third-order valence-electron chi connectivity index (χ3n) is 3.06. The average molecular weight is 349 g/mol. The summed E-state index contributed by atoms with van der Waals surface area (Å²) >= 11 is 0. The molecule has 0 aliphatic carbocycles. The van der Waals surface area contributed by atoms with Gasteiger partial charge in [0.05, 0.1) is 5.69 Å². The Morgan fingerprint density at radius 1 is 1.12 bits per heavy atom. The van der Waals surface area contributed by atoms with Crippen molar-refractivity contribution in [3.63, 3.8) is 0 Å². The molecule has 0 fully saturated rings. The van der Waals surface area contributed by atoms with Gasteiger partial charge in [0, 0.05) is 17.3 Å². The molecule has 0 unspecified atom stereocenters. The van der Waals surface area contributed by atoms with Gasteiger partial charge in [-0.15, -0.1) is 13.2 Å². The fourth-order valence-corrected chi connectivity index (χ4v) is 2.02. The number of ether oxygens (including phenoxy) is 1. The summed E-state index contributed by atoms with van der Waals surface area (Å²) < 4.78 is 45.2. The zero-order valence-electron chi connectivity index (χ0n) is 12.4. The van der Waals surface area contributed by atoms with Gasteiger partial charge in [0.15, 0.2) is 12.0 Å². The second-order valence-corrected chi connectivity index (χ2v) is 4.84. The van der Waals surface area contributed by atoms with E-state index < -0.39 is 6.36 Å². The number of benzene rings is 1. The first-order valence-corrected chi connectivity index (χ1v) is 6.92. The van der Waals surface area contributed by atoms with E-state index >= 15 is 0 Å². The highest BCUT2D eigenvalue weighted by molar-refractivity contribution is 5.75. The van der Waals surface area contributed by atoms with Gasteiger partial charge in [0.1, 0.15) is 24.2 Å². The molecule has 0 saturated heterocycles. The van der Waals surface area contributed by atoms with Crippen LogP contribution in [-0.4, -0.2) is 22.6 Å². The highest BCUT2D eigenvalue weighted by Gasteiger charge is 2.30. The Morgan fingerprint density at radius 2 is 1.88 bits per heavy atom. The molecule has 0 spiro atoms. The molecule has 0 atom stereocenters. The Hall–Kier alpha value is -3.36. The molecule has 2 aromatic heterocycles. The van der Waals surface area contributed by atoms with E-state index in [1.54, 1.807) is 6.07 Å². The fraction of sp³-hybridized carbons (Fsp3) is 0.0625. The molecule has 0 radical (unpaired) electrons. The van der Waals surface area contributed by atoms with Crippen molar-refractivity contribution >= 4 is 17.8 Å². The van der Waals surface area contributed by atoms with Crippen molar-refractivity contribution in [1.29, 1.82) is 0 Å². The summed E-state index contributed by atoms with van der Waals surface area (Å²) in [5.74, 6) is 0.271. The number of alkyl halides is 3. The predicted molar refractivity (Wildman–Crippen MR) is 81.5 cm³/mol. The van der Waals surface area contributed by atoms with Crippen LogP contribution in [0.25, 0.3) is 11.3 Å². The third kappa shape index (κ3) is 4.34. The number of anilines is 2. The quantitative estimate of drug-likeness (QED) is 0.696. The van der Waals surface area contributed by atoms with Gasteiger partial charge >= 0.3 is 6.36 Å². The monoisotopic (exact) mass is 349 g/mol. The number of carbonyl (C=O) groups is 1. The first-order valence-electron chi connectivity index (χ1n) is 6.92. The van der Waals surface area contributed by atoms with Gasteiger partial charge in [-0.05, 0) is 30.3 Å². The van der Waals surface area contributed by atoms with Gasteiger partial charge in [-0.3, -0.25) is 4.79 Å².